The number of piperidine rings is 1. The predicted octanol–water partition coefficient (Wildman–Crippen LogP) is 1.57. The number of anilines is 1. The molecule has 1 aliphatic heterocycles. The van der Waals surface area contributed by atoms with Gasteiger partial charge in [-0.3, -0.25) is 4.79 Å². The molecular formula is C15H22N2O3S. The first-order valence-electron chi connectivity index (χ1n) is 7.24. The van der Waals surface area contributed by atoms with Crippen LogP contribution in [0.25, 0.3) is 0 Å². The molecule has 1 amide bonds. The summed E-state index contributed by atoms with van der Waals surface area (Å²) in [5.41, 5.74) is 6.34. The van der Waals surface area contributed by atoms with Crippen molar-refractivity contribution in [3.8, 4) is 0 Å². The first kappa shape index (κ1) is 15.8. The minimum atomic E-state index is -3.18. The summed E-state index contributed by atoms with van der Waals surface area (Å²) in [6.07, 6.45) is 1.72. The monoisotopic (exact) mass is 310 g/mol. The van der Waals surface area contributed by atoms with Crippen molar-refractivity contribution in [1.82, 2.24) is 0 Å². The summed E-state index contributed by atoms with van der Waals surface area (Å²) >= 11 is 0. The lowest BCUT2D eigenvalue weighted by Crippen LogP contribution is -2.45. The molecule has 21 heavy (non-hydrogen) atoms. The zero-order valence-corrected chi connectivity index (χ0v) is 13.3. The molecule has 1 aromatic carbocycles. The molecule has 0 aliphatic carbocycles. The van der Waals surface area contributed by atoms with Crippen molar-refractivity contribution >= 4 is 21.4 Å². The molecule has 2 atom stereocenters. The highest BCUT2D eigenvalue weighted by Gasteiger charge is 2.28. The number of rotatable bonds is 4. The molecule has 116 valence electrons. The molecule has 1 aliphatic rings. The summed E-state index contributed by atoms with van der Waals surface area (Å²) in [6.45, 7) is 4.33. The Labute approximate surface area is 126 Å². The molecule has 0 unspecified atom stereocenters. The molecule has 1 fully saturated rings. The number of benzene rings is 1. The van der Waals surface area contributed by atoms with Gasteiger partial charge in [0.15, 0.2) is 9.84 Å². The second-order valence-corrected chi connectivity index (χ2v) is 7.85. The van der Waals surface area contributed by atoms with Crippen molar-refractivity contribution in [2.24, 2.45) is 11.7 Å². The van der Waals surface area contributed by atoms with Gasteiger partial charge in [-0.05, 0) is 44.0 Å². The van der Waals surface area contributed by atoms with E-state index in [0.29, 0.717) is 17.5 Å². The standard InChI is InChI=1S/C15H22N2O3S/c1-3-21(19,20)14-8-6-13(7-9-14)17-10-12(15(16)18)5-4-11(17)2/h6-9,11-12H,3-5,10H2,1-2H3,(H2,16,18)/t11-,12+/m0/s1. The van der Waals surface area contributed by atoms with Gasteiger partial charge in [-0.15, -0.1) is 0 Å². The molecule has 0 saturated carbocycles. The second-order valence-electron chi connectivity index (χ2n) is 5.58. The van der Waals surface area contributed by atoms with Crippen LogP contribution < -0.4 is 10.6 Å². The minimum absolute atomic E-state index is 0.0935. The predicted molar refractivity (Wildman–Crippen MR) is 82.9 cm³/mol. The molecule has 0 spiro atoms. The molecule has 1 heterocycles. The van der Waals surface area contributed by atoms with Crippen LogP contribution >= 0.6 is 0 Å². The van der Waals surface area contributed by atoms with Crippen molar-refractivity contribution in [2.75, 3.05) is 17.2 Å². The van der Waals surface area contributed by atoms with Gasteiger partial charge in [-0.1, -0.05) is 6.92 Å². The number of nitrogens with two attached hydrogens (primary N) is 1. The number of amides is 1. The van der Waals surface area contributed by atoms with Crippen LogP contribution in [-0.2, 0) is 14.6 Å². The number of nitrogens with zero attached hydrogens (tertiary/aromatic N) is 1. The maximum Gasteiger partial charge on any atom is 0.222 e. The van der Waals surface area contributed by atoms with E-state index in [1.807, 2.05) is 12.1 Å². The van der Waals surface area contributed by atoms with Crippen molar-refractivity contribution in [3.63, 3.8) is 0 Å². The van der Waals surface area contributed by atoms with E-state index < -0.39 is 9.84 Å². The molecule has 2 rings (SSSR count). The summed E-state index contributed by atoms with van der Waals surface area (Å²) in [6, 6.07) is 7.20. The number of hydrogen-bond donors (Lipinski definition) is 1. The van der Waals surface area contributed by atoms with Gasteiger partial charge in [0, 0.05) is 18.3 Å². The average Bonchev–Trinajstić information content (AvgIpc) is 2.47. The van der Waals surface area contributed by atoms with Crippen LogP contribution in [0.2, 0.25) is 0 Å². The van der Waals surface area contributed by atoms with Gasteiger partial charge in [0.1, 0.15) is 0 Å². The number of carbonyl (C=O) groups excluding carboxylic acids is 1. The fraction of sp³-hybridized carbons (Fsp3) is 0.533. The summed E-state index contributed by atoms with van der Waals surface area (Å²) in [4.78, 5) is 13.8. The summed E-state index contributed by atoms with van der Waals surface area (Å²) in [5.74, 6) is -0.312. The van der Waals surface area contributed by atoms with Gasteiger partial charge in [-0.25, -0.2) is 8.42 Å². The smallest absolute Gasteiger partial charge is 0.222 e. The molecule has 0 aromatic heterocycles. The highest BCUT2D eigenvalue weighted by Crippen LogP contribution is 2.28. The fourth-order valence-corrected chi connectivity index (χ4v) is 3.59. The van der Waals surface area contributed by atoms with Crippen molar-refractivity contribution in [1.29, 1.82) is 0 Å². The van der Waals surface area contributed by atoms with Crippen LogP contribution in [-0.4, -0.2) is 32.7 Å². The van der Waals surface area contributed by atoms with Crippen LogP contribution in [0.4, 0.5) is 5.69 Å². The molecule has 1 saturated heterocycles. The van der Waals surface area contributed by atoms with Gasteiger partial charge in [0.05, 0.1) is 16.6 Å². The number of carbonyl (C=O) groups is 1. The first-order chi connectivity index (χ1) is 9.85. The maximum atomic E-state index is 11.8. The van der Waals surface area contributed by atoms with Crippen molar-refractivity contribution in [3.05, 3.63) is 24.3 Å². The molecule has 1 aromatic rings. The quantitative estimate of drug-likeness (QED) is 0.915. The van der Waals surface area contributed by atoms with E-state index >= 15 is 0 Å². The van der Waals surface area contributed by atoms with Crippen LogP contribution in [0.1, 0.15) is 26.7 Å². The van der Waals surface area contributed by atoms with E-state index in [0.717, 1.165) is 18.5 Å². The normalized spacial score (nSPS) is 23.0. The first-order valence-corrected chi connectivity index (χ1v) is 8.89. The Morgan fingerprint density at radius 3 is 2.43 bits per heavy atom. The van der Waals surface area contributed by atoms with Gasteiger partial charge in [0.25, 0.3) is 0 Å². The van der Waals surface area contributed by atoms with Gasteiger partial charge >= 0.3 is 0 Å². The summed E-state index contributed by atoms with van der Waals surface area (Å²) in [7, 11) is -3.18. The van der Waals surface area contributed by atoms with Gasteiger partial charge < -0.3 is 10.6 Å². The van der Waals surface area contributed by atoms with Crippen molar-refractivity contribution in [2.45, 2.75) is 37.6 Å². The van der Waals surface area contributed by atoms with E-state index in [1.54, 1.807) is 19.1 Å². The average molecular weight is 310 g/mol. The SMILES string of the molecule is CCS(=O)(=O)c1ccc(N2C[C@H](C(N)=O)CC[C@@H]2C)cc1. The number of hydrogen-bond acceptors (Lipinski definition) is 4. The van der Waals surface area contributed by atoms with E-state index in [9.17, 15) is 13.2 Å². The Morgan fingerprint density at radius 2 is 1.90 bits per heavy atom. The third-order valence-electron chi connectivity index (χ3n) is 4.19. The number of primary amides is 1. The third-order valence-corrected chi connectivity index (χ3v) is 5.94. The third kappa shape index (κ3) is 3.37. The van der Waals surface area contributed by atoms with Gasteiger partial charge in [0.2, 0.25) is 5.91 Å². The van der Waals surface area contributed by atoms with Crippen LogP contribution in [0.5, 0.6) is 0 Å². The second kappa shape index (κ2) is 6.05. The maximum absolute atomic E-state index is 11.8. The van der Waals surface area contributed by atoms with E-state index in [4.69, 9.17) is 5.73 Å². The van der Waals surface area contributed by atoms with E-state index in [-0.39, 0.29) is 17.6 Å². The number of sulfone groups is 1. The molecular weight excluding hydrogens is 288 g/mol. The molecule has 2 N–H and O–H groups in total. The van der Waals surface area contributed by atoms with E-state index in [2.05, 4.69) is 11.8 Å². The Kier molecular flexibility index (Phi) is 4.56. The lowest BCUT2D eigenvalue weighted by Gasteiger charge is -2.38. The minimum Gasteiger partial charge on any atom is -0.369 e. The van der Waals surface area contributed by atoms with E-state index in [1.165, 1.54) is 0 Å². The van der Waals surface area contributed by atoms with Crippen LogP contribution in [0.15, 0.2) is 29.2 Å². The molecule has 5 nitrogen and oxygen atoms in total. The molecule has 6 heteroatoms. The van der Waals surface area contributed by atoms with Gasteiger partial charge in [-0.2, -0.15) is 0 Å². The molecule has 0 radical (unpaired) electrons. The Bertz CT molecular complexity index is 610. The highest BCUT2D eigenvalue weighted by atomic mass is 32.2. The zero-order chi connectivity index (χ0) is 15.6. The lowest BCUT2D eigenvalue weighted by atomic mass is 9.92. The summed E-state index contributed by atoms with van der Waals surface area (Å²) < 4.78 is 23.6. The topological polar surface area (TPSA) is 80.5 Å². The Balaban J connectivity index is 2.23. The Hall–Kier alpha value is -1.56. The lowest BCUT2D eigenvalue weighted by molar-refractivity contribution is -0.122. The van der Waals surface area contributed by atoms with Crippen LogP contribution in [0.3, 0.4) is 0 Å². The van der Waals surface area contributed by atoms with Crippen LogP contribution in [0, 0.1) is 5.92 Å². The Morgan fingerprint density at radius 1 is 1.29 bits per heavy atom. The largest absolute Gasteiger partial charge is 0.369 e. The molecule has 0 bridgehead atoms. The summed E-state index contributed by atoms with van der Waals surface area (Å²) in [5, 5.41) is 0. The zero-order valence-electron chi connectivity index (χ0n) is 12.5. The highest BCUT2D eigenvalue weighted by molar-refractivity contribution is 7.91. The fourth-order valence-electron chi connectivity index (χ4n) is 2.71. The van der Waals surface area contributed by atoms with Crippen molar-refractivity contribution < 1.29 is 13.2 Å².